The third-order valence-corrected chi connectivity index (χ3v) is 2.41. The molecule has 0 aliphatic rings. The minimum absolute atomic E-state index is 0.0550. The fourth-order valence-electron chi connectivity index (χ4n) is 1.46. The van der Waals surface area contributed by atoms with E-state index in [0.29, 0.717) is 11.6 Å². The maximum atomic E-state index is 5.81. The Hall–Kier alpha value is -1.97. The number of nitrogens with zero attached hydrogens (tertiary/aromatic N) is 3. The van der Waals surface area contributed by atoms with Crippen LogP contribution in [0.1, 0.15) is 26.5 Å². The van der Waals surface area contributed by atoms with E-state index in [9.17, 15) is 0 Å². The average Bonchev–Trinajstić information content (AvgIpc) is 2.28. The van der Waals surface area contributed by atoms with Gasteiger partial charge in [-0.05, 0) is 12.1 Å². The molecule has 0 saturated carbocycles. The second kappa shape index (κ2) is 4.13. The van der Waals surface area contributed by atoms with Crippen molar-refractivity contribution in [3.63, 3.8) is 0 Å². The van der Waals surface area contributed by atoms with Gasteiger partial charge in [0, 0.05) is 17.7 Å². The molecule has 2 N–H and O–H groups in total. The number of aromatic nitrogens is 3. The smallest absolute Gasteiger partial charge is 0.180 e. The van der Waals surface area contributed by atoms with Crippen molar-refractivity contribution in [1.82, 2.24) is 15.0 Å². The Morgan fingerprint density at radius 3 is 2.47 bits per heavy atom. The second-order valence-electron chi connectivity index (χ2n) is 4.97. The Bertz CT molecular complexity index is 515. The molecule has 17 heavy (non-hydrogen) atoms. The lowest BCUT2D eigenvalue weighted by atomic mass is 9.92. The Balaban J connectivity index is 2.54. The van der Waals surface area contributed by atoms with Gasteiger partial charge in [0.25, 0.3) is 0 Å². The highest BCUT2D eigenvalue weighted by molar-refractivity contribution is 5.52. The molecule has 0 radical (unpaired) electrons. The highest BCUT2D eigenvalue weighted by Crippen LogP contribution is 2.23. The summed E-state index contributed by atoms with van der Waals surface area (Å²) in [6, 6.07) is 7.46. The van der Waals surface area contributed by atoms with Gasteiger partial charge in [0.15, 0.2) is 5.82 Å². The first-order valence-corrected chi connectivity index (χ1v) is 5.53. The van der Waals surface area contributed by atoms with Crippen LogP contribution >= 0.6 is 0 Å². The molecule has 4 heteroatoms. The van der Waals surface area contributed by atoms with E-state index in [-0.39, 0.29) is 5.41 Å². The molecule has 0 atom stereocenters. The zero-order chi connectivity index (χ0) is 12.5. The number of nitrogens with two attached hydrogens (primary N) is 1. The Morgan fingerprint density at radius 2 is 1.88 bits per heavy atom. The van der Waals surface area contributed by atoms with Crippen molar-refractivity contribution in [2.24, 2.45) is 0 Å². The second-order valence-corrected chi connectivity index (χ2v) is 4.97. The molecule has 2 aromatic heterocycles. The van der Waals surface area contributed by atoms with E-state index in [1.807, 2.05) is 24.3 Å². The first-order chi connectivity index (χ1) is 7.97. The molecular formula is C13H16N4. The zero-order valence-corrected chi connectivity index (χ0v) is 10.3. The van der Waals surface area contributed by atoms with Crippen molar-refractivity contribution >= 4 is 5.82 Å². The molecule has 0 aliphatic heterocycles. The molecule has 0 aliphatic carbocycles. The van der Waals surface area contributed by atoms with E-state index in [1.54, 1.807) is 6.20 Å². The molecule has 0 aromatic carbocycles. The van der Waals surface area contributed by atoms with Crippen LogP contribution in [0.25, 0.3) is 11.5 Å². The van der Waals surface area contributed by atoms with E-state index in [1.165, 1.54) is 0 Å². The summed E-state index contributed by atoms with van der Waals surface area (Å²) in [5, 5.41) is 0. The van der Waals surface area contributed by atoms with Gasteiger partial charge < -0.3 is 5.73 Å². The van der Waals surface area contributed by atoms with Crippen LogP contribution in [0, 0.1) is 0 Å². The summed E-state index contributed by atoms with van der Waals surface area (Å²) in [6.07, 6.45) is 1.72. The van der Waals surface area contributed by atoms with Gasteiger partial charge in [-0.2, -0.15) is 0 Å². The maximum absolute atomic E-state index is 5.81. The van der Waals surface area contributed by atoms with Gasteiger partial charge in [-0.1, -0.05) is 26.8 Å². The zero-order valence-electron chi connectivity index (χ0n) is 10.3. The third kappa shape index (κ3) is 2.58. The summed E-state index contributed by atoms with van der Waals surface area (Å²) in [5.74, 6) is 1.06. The Labute approximate surface area is 101 Å². The molecular weight excluding hydrogens is 212 g/mol. The minimum Gasteiger partial charge on any atom is -0.384 e. The van der Waals surface area contributed by atoms with Crippen molar-refractivity contribution in [2.45, 2.75) is 26.2 Å². The largest absolute Gasteiger partial charge is 0.384 e. The molecule has 0 fully saturated rings. The van der Waals surface area contributed by atoms with Gasteiger partial charge in [0.05, 0.1) is 5.69 Å². The van der Waals surface area contributed by atoms with Crippen LogP contribution in [0.15, 0.2) is 30.5 Å². The van der Waals surface area contributed by atoms with Crippen LogP contribution in [0.5, 0.6) is 0 Å². The summed E-state index contributed by atoms with van der Waals surface area (Å²) in [5.41, 5.74) is 7.42. The van der Waals surface area contributed by atoms with Gasteiger partial charge >= 0.3 is 0 Å². The van der Waals surface area contributed by atoms with E-state index >= 15 is 0 Å². The molecule has 0 spiro atoms. The van der Waals surface area contributed by atoms with Crippen LogP contribution in [-0.4, -0.2) is 15.0 Å². The Kier molecular flexibility index (Phi) is 2.79. The predicted octanol–water partition coefficient (Wildman–Crippen LogP) is 2.42. The van der Waals surface area contributed by atoms with E-state index < -0.39 is 0 Å². The quantitative estimate of drug-likeness (QED) is 0.814. The molecule has 0 bridgehead atoms. The number of pyridine rings is 1. The molecule has 0 unspecified atom stereocenters. The van der Waals surface area contributed by atoms with Crippen LogP contribution in [-0.2, 0) is 5.41 Å². The predicted molar refractivity (Wildman–Crippen MR) is 68.4 cm³/mol. The van der Waals surface area contributed by atoms with Crippen molar-refractivity contribution in [2.75, 3.05) is 5.73 Å². The third-order valence-electron chi connectivity index (χ3n) is 2.41. The van der Waals surface area contributed by atoms with Crippen molar-refractivity contribution in [1.29, 1.82) is 0 Å². The highest BCUT2D eigenvalue weighted by Gasteiger charge is 2.18. The summed E-state index contributed by atoms with van der Waals surface area (Å²) >= 11 is 0. The first kappa shape index (κ1) is 11.5. The van der Waals surface area contributed by atoms with Crippen LogP contribution < -0.4 is 5.73 Å². The molecule has 4 nitrogen and oxygen atoms in total. The number of nitrogen functional groups attached to an aromatic ring is 1. The Morgan fingerprint density at radius 1 is 1.12 bits per heavy atom. The van der Waals surface area contributed by atoms with Gasteiger partial charge in [0.2, 0.25) is 0 Å². The number of hydrogen-bond acceptors (Lipinski definition) is 4. The van der Waals surface area contributed by atoms with Crippen molar-refractivity contribution < 1.29 is 0 Å². The number of rotatable bonds is 1. The monoisotopic (exact) mass is 228 g/mol. The summed E-state index contributed by atoms with van der Waals surface area (Å²) in [7, 11) is 0. The van der Waals surface area contributed by atoms with Gasteiger partial charge in [-0.3, -0.25) is 4.98 Å². The average molecular weight is 228 g/mol. The lowest BCUT2D eigenvalue weighted by Crippen LogP contribution is -2.15. The molecule has 0 saturated heterocycles. The number of hydrogen-bond donors (Lipinski definition) is 1. The SMILES string of the molecule is CC(C)(C)c1cc(N)nc(-c2ccccn2)n1. The topological polar surface area (TPSA) is 64.7 Å². The normalized spacial score (nSPS) is 11.5. The molecule has 2 heterocycles. The minimum atomic E-state index is -0.0550. The lowest BCUT2D eigenvalue weighted by Gasteiger charge is -2.18. The van der Waals surface area contributed by atoms with Crippen molar-refractivity contribution in [3.05, 3.63) is 36.2 Å². The van der Waals surface area contributed by atoms with E-state index in [2.05, 4.69) is 35.7 Å². The molecule has 2 rings (SSSR count). The van der Waals surface area contributed by atoms with Gasteiger partial charge in [0.1, 0.15) is 11.5 Å². The summed E-state index contributed by atoms with van der Waals surface area (Å²) in [4.78, 5) is 13.0. The highest BCUT2D eigenvalue weighted by atomic mass is 15.0. The van der Waals surface area contributed by atoms with Crippen LogP contribution in [0.4, 0.5) is 5.82 Å². The summed E-state index contributed by atoms with van der Waals surface area (Å²) < 4.78 is 0. The van der Waals surface area contributed by atoms with Crippen molar-refractivity contribution in [3.8, 4) is 11.5 Å². The van der Waals surface area contributed by atoms with Gasteiger partial charge in [-0.15, -0.1) is 0 Å². The molecule has 0 amide bonds. The van der Waals surface area contributed by atoms with Gasteiger partial charge in [-0.25, -0.2) is 9.97 Å². The summed E-state index contributed by atoms with van der Waals surface area (Å²) in [6.45, 7) is 6.28. The van der Waals surface area contributed by atoms with E-state index in [0.717, 1.165) is 11.4 Å². The molecule has 2 aromatic rings. The fraction of sp³-hybridized carbons (Fsp3) is 0.308. The van der Waals surface area contributed by atoms with Crippen LogP contribution in [0.3, 0.4) is 0 Å². The van der Waals surface area contributed by atoms with E-state index in [4.69, 9.17) is 5.73 Å². The molecule has 88 valence electrons. The number of anilines is 1. The standard InChI is InChI=1S/C13H16N4/c1-13(2,3)10-8-11(14)17-12(16-10)9-6-4-5-7-15-9/h4-8H,1-3H3,(H2,14,16,17). The fourth-order valence-corrected chi connectivity index (χ4v) is 1.46. The van der Waals surface area contributed by atoms with Crippen LogP contribution in [0.2, 0.25) is 0 Å². The maximum Gasteiger partial charge on any atom is 0.180 e. The first-order valence-electron chi connectivity index (χ1n) is 5.53. The lowest BCUT2D eigenvalue weighted by molar-refractivity contribution is 0.568.